The van der Waals surface area contributed by atoms with Gasteiger partial charge in [-0.1, -0.05) is 17.7 Å². The highest BCUT2D eigenvalue weighted by Gasteiger charge is 2.30. The van der Waals surface area contributed by atoms with E-state index >= 15 is 0 Å². The molecule has 1 aromatic carbocycles. The number of hydrogen-bond donors (Lipinski definition) is 1. The van der Waals surface area contributed by atoms with Gasteiger partial charge < -0.3 is 9.84 Å². The van der Waals surface area contributed by atoms with E-state index in [4.69, 9.17) is 21.4 Å². The van der Waals surface area contributed by atoms with E-state index in [-0.39, 0.29) is 6.54 Å². The van der Waals surface area contributed by atoms with E-state index in [1.165, 1.54) is 0 Å². The summed E-state index contributed by atoms with van der Waals surface area (Å²) in [6, 6.07) is 5.96. The van der Waals surface area contributed by atoms with Crippen LogP contribution in [0.15, 0.2) is 18.2 Å². The normalized spacial score (nSPS) is 14.8. The van der Waals surface area contributed by atoms with E-state index in [1.54, 1.807) is 7.11 Å². The van der Waals surface area contributed by atoms with E-state index in [0.29, 0.717) is 23.4 Å². The molecule has 1 fully saturated rings. The first-order chi connectivity index (χ1) is 8.60. The molecule has 0 heterocycles. The van der Waals surface area contributed by atoms with E-state index in [1.807, 2.05) is 23.1 Å². The fraction of sp³-hybridized carbons (Fsp3) is 0.462. The van der Waals surface area contributed by atoms with Crippen molar-refractivity contribution < 1.29 is 14.6 Å². The molecule has 0 radical (unpaired) electrons. The van der Waals surface area contributed by atoms with Crippen LogP contribution in [-0.2, 0) is 11.3 Å². The van der Waals surface area contributed by atoms with Crippen molar-refractivity contribution in [2.75, 3.05) is 13.7 Å². The highest BCUT2D eigenvalue weighted by atomic mass is 35.5. The number of hydrogen-bond acceptors (Lipinski definition) is 3. The molecule has 1 N–H and O–H groups in total. The first-order valence-corrected chi connectivity index (χ1v) is 6.26. The van der Waals surface area contributed by atoms with Gasteiger partial charge in [0, 0.05) is 12.6 Å². The Labute approximate surface area is 111 Å². The molecule has 0 bridgehead atoms. The topological polar surface area (TPSA) is 49.8 Å². The van der Waals surface area contributed by atoms with Gasteiger partial charge in [0.2, 0.25) is 0 Å². The molecule has 1 saturated carbocycles. The number of carbonyl (C=O) groups is 1. The molecule has 0 amide bonds. The van der Waals surface area contributed by atoms with E-state index in [9.17, 15) is 4.79 Å². The average molecular weight is 270 g/mol. The minimum absolute atomic E-state index is 0.0777. The molecule has 0 aromatic heterocycles. The standard InChI is InChI=1S/C13H16ClNO3/c1-18-12-5-2-9(6-11(12)14)7-15(8-13(16)17)10-3-4-10/h2,5-6,10H,3-4,7-8H2,1H3,(H,16,17). The summed E-state index contributed by atoms with van der Waals surface area (Å²) in [7, 11) is 1.57. The Morgan fingerprint density at radius 3 is 2.78 bits per heavy atom. The van der Waals surface area contributed by atoms with Gasteiger partial charge in [-0.15, -0.1) is 0 Å². The molecule has 1 aromatic rings. The maximum absolute atomic E-state index is 10.8. The Balaban J connectivity index is 2.06. The lowest BCUT2D eigenvalue weighted by Gasteiger charge is -2.20. The van der Waals surface area contributed by atoms with E-state index in [0.717, 1.165) is 18.4 Å². The van der Waals surface area contributed by atoms with Crippen LogP contribution in [0.2, 0.25) is 5.02 Å². The first kappa shape index (κ1) is 13.2. The number of halogens is 1. The van der Waals surface area contributed by atoms with Gasteiger partial charge in [-0.2, -0.15) is 0 Å². The molecular formula is C13H16ClNO3. The summed E-state index contributed by atoms with van der Waals surface area (Å²) in [5.74, 6) is -0.155. The summed E-state index contributed by atoms with van der Waals surface area (Å²) < 4.78 is 5.09. The smallest absolute Gasteiger partial charge is 0.317 e. The molecule has 4 nitrogen and oxygen atoms in total. The van der Waals surface area contributed by atoms with Gasteiger partial charge in [-0.05, 0) is 30.5 Å². The monoisotopic (exact) mass is 269 g/mol. The van der Waals surface area contributed by atoms with Gasteiger partial charge in [0.1, 0.15) is 5.75 Å². The number of rotatable bonds is 6. The summed E-state index contributed by atoms with van der Waals surface area (Å²) in [5, 5.41) is 9.44. The van der Waals surface area contributed by atoms with Crippen LogP contribution in [0.25, 0.3) is 0 Å². The maximum Gasteiger partial charge on any atom is 0.317 e. The van der Waals surface area contributed by atoms with Crippen LogP contribution >= 0.6 is 11.6 Å². The van der Waals surface area contributed by atoms with Gasteiger partial charge in [-0.25, -0.2) is 0 Å². The van der Waals surface area contributed by atoms with E-state index < -0.39 is 5.97 Å². The van der Waals surface area contributed by atoms with Gasteiger partial charge in [0.25, 0.3) is 0 Å². The van der Waals surface area contributed by atoms with Crippen LogP contribution in [0.3, 0.4) is 0 Å². The number of nitrogens with zero attached hydrogens (tertiary/aromatic N) is 1. The molecule has 18 heavy (non-hydrogen) atoms. The molecule has 1 aliphatic carbocycles. The third-order valence-corrected chi connectivity index (χ3v) is 3.30. The summed E-state index contributed by atoms with van der Waals surface area (Å²) >= 11 is 6.05. The Morgan fingerprint density at radius 2 is 2.28 bits per heavy atom. The molecule has 5 heteroatoms. The first-order valence-electron chi connectivity index (χ1n) is 5.88. The predicted octanol–water partition coefficient (Wildman–Crippen LogP) is 2.40. The summed E-state index contributed by atoms with van der Waals surface area (Å²) in [6.45, 7) is 0.689. The lowest BCUT2D eigenvalue weighted by Crippen LogP contribution is -2.31. The molecule has 0 atom stereocenters. The summed E-state index contributed by atoms with van der Waals surface area (Å²) in [5.41, 5.74) is 1.01. The Kier molecular flexibility index (Phi) is 4.09. The van der Waals surface area contributed by atoms with Crippen molar-refractivity contribution in [2.45, 2.75) is 25.4 Å². The molecule has 1 aliphatic rings. The van der Waals surface area contributed by atoms with Crippen LogP contribution in [0, 0.1) is 0 Å². The third kappa shape index (κ3) is 3.37. The van der Waals surface area contributed by atoms with Gasteiger partial charge in [0.05, 0.1) is 18.7 Å². The zero-order chi connectivity index (χ0) is 13.1. The van der Waals surface area contributed by atoms with Crippen molar-refractivity contribution in [3.05, 3.63) is 28.8 Å². The molecule has 0 saturated heterocycles. The minimum Gasteiger partial charge on any atom is -0.495 e. The number of carboxylic acids is 1. The second kappa shape index (κ2) is 5.59. The summed E-state index contributed by atoms with van der Waals surface area (Å²) in [6.07, 6.45) is 2.16. The lowest BCUT2D eigenvalue weighted by molar-refractivity contribution is -0.138. The Hall–Kier alpha value is -1.26. The number of benzene rings is 1. The SMILES string of the molecule is COc1ccc(CN(CC(=O)O)C2CC2)cc1Cl. The highest BCUT2D eigenvalue weighted by Crippen LogP contribution is 2.30. The van der Waals surface area contributed by atoms with Gasteiger partial charge in [0.15, 0.2) is 0 Å². The molecular weight excluding hydrogens is 254 g/mol. The third-order valence-electron chi connectivity index (χ3n) is 3.00. The minimum atomic E-state index is -0.790. The molecule has 2 rings (SSSR count). The van der Waals surface area contributed by atoms with Crippen molar-refractivity contribution in [3.63, 3.8) is 0 Å². The van der Waals surface area contributed by atoms with Crippen LogP contribution in [0.4, 0.5) is 0 Å². The van der Waals surface area contributed by atoms with E-state index in [2.05, 4.69) is 0 Å². The number of carboxylic acid groups (broad SMARTS) is 1. The largest absolute Gasteiger partial charge is 0.495 e. The van der Waals surface area contributed by atoms with Crippen molar-refractivity contribution in [2.24, 2.45) is 0 Å². The predicted molar refractivity (Wildman–Crippen MR) is 69.1 cm³/mol. The van der Waals surface area contributed by atoms with Gasteiger partial charge in [-0.3, -0.25) is 9.69 Å². The quantitative estimate of drug-likeness (QED) is 0.862. The Bertz CT molecular complexity index is 446. The summed E-state index contributed by atoms with van der Waals surface area (Å²) in [4.78, 5) is 12.8. The highest BCUT2D eigenvalue weighted by molar-refractivity contribution is 6.32. The second-order valence-corrected chi connectivity index (χ2v) is 4.91. The van der Waals surface area contributed by atoms with Crippen LogP contribution in [-0.4, -0.2) is 35.7 Å². The Morgan fingerprint density at radius 1 is 1.56 bits per heavy atom. The fourth-order valence-electron chi connectivity index (χ4n) is 1.97. The van der Waals surface area contributed by atoms with Crippen molar-refractivity contribution in [1.82, 2.24) is 4.90 Å². The molecule has 98 valence electrons. The van der Waals surface area contributed by atoms with Crippen LogP contribution in [0.5, 0.6) is 5.75 Å². The van der Waals surface area contributed by atoms with Crippen molar-refractivity contribution in [3.8, 4) is 5.75 Å². The number of ether oxygens (including phenoxy) is 1. The fourth-order valence-corrected chi connectivity index (χ4v) is 2.25. The number of aliphatic carboxylic acids is 1. The van der Waals surface area contributed by atoms with Gasteiger partial charge >= 0.3 is 5.97 Å². The van der Waals surface area contributed by atoms with Crippen molar-refractivity contribution in [1.29, 1.82) is 0 Å². The molecule has 0 spiro atoms. The zero-order valence-corrected chi connectivity index (χ0v) is 11.0. The number of methoxy groups -OCH3 is 1. The van der Waals surface area contributed by atoms with Crippen LogP contribution < -0.4 is 4.74 Å². The van der Waals surface area contributed by atoms with Crippen LogP contribution in [0.1, 0.15) is 18.4 Å². The average Bonchev–Trinajstić information content (AvgIpc) is 3.11. The maximum atomic E-state index is 10.8. The second-order valence-electron chi connectivity index (χ2n) is 4.50. The molecule has 0 aliphatic heterocycles. The van der Waals surface area contributed by atoms with Crippen molar-refractivity contribution >= 4 is 17.6 Å². The zero-order valence-electron chi connectivity index (χ0n) is 10.2. The molecule has 0 unspecified atom stereocenters. The lowest BCUT2D eigenvalue weighted by atomic mass is 10.2.